The molecule has 1 aliphatic rings. The number of amides is 1. The van der Waals surface area contributed by atoms with Crippen LogP contribution in [0.2, 0.25) is 0 Å². The van der Waals surface area contributed by atoms with E-state index in [4.69, 9.17) is 0 Å². The minimum atomic E-state index is -0.385. The summed E-state index contributed by atoms with van der Waals surface area (Å²) in [7, 11) is 1.74. The molecule has 0 bridgehead atoms. The smallest absolute Gasteiger partial charge is 0.273 e. The number of carbonyl (C=O) groups excluding carboxylic acids is 1. The van der Waals surface area contributed by atoms with Gasteiger partial charge in [0.25, 0.3) is 5.69 Å². The lowest BCUT2D eigenvalue weighted by Gasteiger charge is -2.23. The second-order valence-electron chi connectivity index (χ2n) is 5.09. The molecule has 1 heterocycles. The van der Waals surface area contributed by atoms with Crippen LogP contribution in [-0.4, -0.2) is 49.0 Å². The van der Waals surface area contributed by atoms with Gasteiger partial charge in [-0.2, -0.15) is 0 Å². The lowest BCUT2D eigenvalue weighted by molar-refractivity contribution is -0.384. The Hall–Kier alpha value is -2.31. The Morgan fingerprint density at radius 1 is 1.24 bits per heavy atom. The van der Waals surface area contributed by atoms with Gasteiger partial charge in [0.2, 0.25) is 5.91 Å². The zero-order valence-electron chi connectivity index (χ0n) is 12.3. The van der Waals surface area contributed by atoms with E-state index in [9.17, 15) is 14.9 Å². The predicted octanol–water partition coefficient (Wildman–Crippen LogP) is 1.70. The molecule has 0 aromatic heterocycles. The van der Waals surface area contributed by atoms with Gasteiger partial charge >= 0.3 is 0 Å². The third-order valence-electron chi connectivity index (χ3n) is 3.71. The molecular formula is C14H20N4O3. The van der Waals surface area contributed by atoms with Crippen molar-refractivity contribution in [3.05, 3.63) is 28.3 Å². The molecule has 0 atom stereocenters. The fourth-order valence-corrected chi connectivity index (χ4v) is 2.52. The molecule has 0 unspecified atom stereocenters. The molecule has 7 heteroatoms. The molecule has 1 aliphatic heterocycles. The number of nitro groups is 1. The summed E-state index contributed by atoms with van der Waals surface area (Å²) in [5, 5.41) is 14.0. The SMILES string of the molecule is CNc1cc(N2CCCN(C(C)=O)CC2)cc([N+](=O)[O-])c1. The summed E-state index contributed by atoms with van der Waals surface area (Å²) in [4.78, 5) is 26.0. The van der Waals surface area contributed by atoms with Crippen LogP contribution in [-0.2, 0) is 4.79 Å². The van der Waals surface area contributed by atoms with E-state index in [-0.39, 0.29) is 16.5 Å². The summed E-state index contributed by atoms with van der Waals surface area (Å²) in [5.74, 6) is 0.0757. The van der Waals surface area contributed by atoms with E-state index in [1.54, 1.807) is 20.0 Å². The molecule has 2 rings (SSSR count). The first kappa shape index (κ1) is 15.1. The minimum Gasteiger partial charge on any atom is -0.388 e. The lowest BCUT2D eigenvalue weighted by atomic mass is 10.2. The summed E-state index contributed by atoms with van der Waals surface area (Å²) < 4.78 is 0. The molecular weight excluding hydrogens is 272 g/mol. The van der Waals surface area contributed by atoms with E-state index in [0.29, 0.717) is 18.8 Å². The van der Waals surface area contributed by atoms with Crippen molar-refractivity contribution < 1.29 is 9.72 Å². The van der Waals surface area contributed by atoms with Gasteiger partial charge in [0.1, 0.15) is 0 Å². The highest BCUT2D eigenvalue weighted by atomic mass is 16.6. The van der Waals surface area contributed by atoms with E-state index >= 15 is 0 Å². The van der Waals surface area contributed by atoms with E-state index < -0.39 is 0 Å². The molecule has 1 aromatic carbocycles. The molecule has 1 aromatic rings. The molecule has 0 aliphatic carbocycles. The first-order valence-corrected chi connectivity index (χ1v) is 6.99. The number of nitrogens with one attached hydrogen (secondary N) is 1. The van der Waals surface area contributed by atoms with Crippen LogP contribution in [0.25, 0.3) is 0 Å². The maximum absolute atomic E-state index is 11.4. The van der Waals surface area contributed by atoms with Crippen molar-refractivity contribution in [3.8, 4) is 0 Å². The molecule has 7 nitrogen and oxygen atoms in total. The molecule has 1 N–H and O–H groups in total. The lowest BCUT2D eigenvalue weighted by Crippen LogP contribution is -2.33. The van der Waals surface area contributed by atoms with Gasteiger partial charge in [-0.3, -0.25) is 14.9 Å². The molecule has 0 saturated carbocycles. The number of benzene rings is 1. The van der Waals surface area contributed by atoms with Crippen LogP contribution < -0.4 is 10.2 Å². The largest absolute Gasteiger partial charge is 0.388 e. The van der Waals surface area contributed by atoms with E-state index in [1.807, 2.05) is 11.0 Å². The maximum atomic E-state index is 11.4. The highest BCUT2D eigenvalue weighted by molar-refractivity contribution is 5.73. The van der Waals surface area contributed by atoms with Crippen LogP contribution in [0.4, 0.5) is 17.1 Å². The van der Waals surface area contributed by atoms with Crippen molar-refractivity contribution >= 4 is 23.0 Å². The summed E-state index contributed by atoms with van der Waals surface area (Å²) in [6, 6.07) is 5.00. The van der Waals surface area contributed by atoms with Crippen molar-refractivity contribution in [2.24, 2.45) is 0 Å². The van der Waals surface area contributed by atoms with Crippen molar-refractivity contribution in [1.82, 2.24) is 4.90 Å². The van der Waals surface area contributed by atoms with Crippen molar-refractivity contribution in [1.29, 1.82) is 0 Å². The Morgan fingerprint density at radius 2 is 2.00 bits per heavy atom. The predicted molar refractivity (Wildman–Crippen MR) is 81.7 cm³/mol. The molecule has 0 radical (unpaired) electrons. The average Bonchev–Trinajstić information content (AvgIpc) is 2.72. The van der Waals surface area contributed by atoms with E-state index in [1.165, 1.54) is 6.07 Å². The van der Waals surface area contributed by atoms with Crippen LogP contribution in [0, 0.1) is 10.1 Å². The summed E-state index contributed by atoms with van der Waals surface area (Å²) in [6.45, 7) is 4.42. The van der Waals surface area contributed by atoms with E-state index in [2.05, 4.69) is 10.2 Å². The highest BCUT2D eigenvalue weighted by Crippen LogP contribution is 2.27. The first-order valence-electron chi connectivity index (χ1n) is 6.99. The van der Waals surface area contributed by atoms with Crippen LogP contribution in [0.1, 0.15) is 13.3 Å². The topological polar surface area (TPSA) is 78.7 Å². The average molecular weight is 292 g/mol. The monoisotopic (exact) mass is 292 g/mol. The van der Waals surface area contributed by atoms with Crippen LogP contribution in [0.15, 0.2) is 18.2 Å². The Kier molecular flexibility index (Phi) is 4.62. The molecule has 1 fully saturated rings. The maximum Gasteiger partial charge on any atom is 0.273 e. The van der Waals surface area contributed by atoms with Crippen molar-refractivity contribution in [2.75, 3.05) is 43.4 Å². The number of nitro benzene ring substituents is 1. The zero-order valence-corrected chi connectivity index (χ0v) is 12.3. The molecule has 21 heavy (non-hydrogen) atoms. The second kappa shape index (κ2) is 6.43. The van der Waals surface area contributed by atoms with Gasteiger partial charge in [-0.15, -0.1) is 0 Å². The Balaban J connectivity index is 2.22. The number of non-ortho nitro benzene ring substituents is 1. The Morgan fingerprint density at radius 3 is 2.62 bits per heavy atom. The zero-order chi connectivity index (χ0) is 15.4. The fraction of sp³-hybridized carbons (Fsp3) is 0.500. The Labute approximate surface area is 123 Å². The normalized spacial score (nSPS) is 15.5. The Bertz CT molecular complexity index is 547. The summed E-state index contributed by atoms with van der Waals surface area (Å²) >= 11 is 0. The quantitative estimate of drug-likeness (QED) is 0.677. The third kappa shape index (κ3) is 3.62. The standard InChI is InChI=1S/C14H20N4O3/c1-11(19)16-4-3-5-17(7-6-16)13-8-12(15-2)9-14(10-13)18(20)21/h8-10,15H,3-7H2,1-2H3. The van der Waals surface area contributed by atoms with Gasteiger partial charge < -0.3 is 15.1 Å². The number of hydrogen-bond acceptors (Lipinski definition) is 5. The third-order valence-corrected chi connectivity index (χ3v) is 3.71. The van der Waals surface area contributed by atoms with Crippen LogP contribution in [0.5, 0.6) is 0 Å². The van der Waals surface area contributed by atoms with Crippen molar-refractivity contribution in [2.45, 2.75) is 13.3 Å². The number of rotatable bonds is 3. The van der Waals surface area contributed by atoms with Gasteiger partial charge in [-0.05, 0) is 12.5 Å². The summed E-state index contributed by atoms with van der Waals surface area (Å²) in [6.07, 6.45) is 0.858. The van der Waals surface area contributed by atoms with Gasteiger partial charge in [0, 0.05) is 63.7 Å². The minimum absolute atomic E-state index is 0.0736. The molecule has 0 spiro atoms. The number of hydrogen-bond donors (Lipinski definition) is 1. The molecule has 1 saturated heterocycles. The van der Waals surface area contributed by atoms with Gasteiger partial charge in [-0.1, -0.05) is 0 Å². The number of nitrogens with zero attached hydrogens (tertiary/aromatic N) is 3. The first-order chi connectivity index (χ1) is 10.0. The molecule has 114 valence electrons. The second-order valence-corrected chi connectivity index (χ2v) is 5.09. The summed E-state index contributed by atoms with van der Waals surface area (Å²) in [5.41, 5.74) is 1.61. The van der Waals surface area contributed by atoms with Crippen LogP contribution >= 0.6 is 0 Å². The molecule has 1 amide bonds. The van der Waals surface area contributed by atoms with Crippen molar-refractivity contribution in [3.63, 3.8) is 0 Å². The number of anilines is 2. The fourth-order valence-electron chi connectivity index (χ4n) is 2.52. The van der Waals surface area contributed by atoms with Gasteiger partial charge in [0.15, 0.2) is 0 Å². The van der Waals surface area contributed by atoms with Gasteiger partial charge in [-0.25, -0.2) is 0 Å². The van der Waals surface area contributed by atoms with Gasteiger partial charge in [0.05, 0.1) is 4.92 Å². The number of carbonyl (C=O) groups is 1. The highest BCUT2D eigenvalue weighted by Gasteiger charge is 2.19. The van der Waals surface area contributed by atoms with E-state index in [0.717, 1.165) is 25.2 Å². The van der Waals surface area contributed by atoms with Crippen LogP contribution in [0.3, 0.4) is 0 Å².